The van der Waals surface area contributed by atoms with Crippen LogP contribution in [-0.4, -0.2) is 28.2 Å². The number of aromatic nitrogens is 6. The Morgan fingerprint density at radius 3 is 1.07 bits per heavy atom. The molecule has 4 heterocycles. The second-order valence-corrected chi connectivity index (χ2v) is 19.6. The molecule has 0 saturated heterocycles. The molecule has 0 saturated carbocycles. The van der Waals surface area contributed by atoms with Crippen molar-refractivity contribution < 1.29 is 0 Å². The molecule has 8 nitrogen and oxygen atoms in total. The van der Waals surface area contributed by atoms with Gasteiger partial charge in [0.1, 0.15) is 11.6 Å². The second-order valence-electron chi connectivity index (χ2n) is 19.6. The zero-order valence-electron chi connectivity index (χ0n) is 41.3. The normalized spacial score (nSPS) is 12.1. The Balaban J connectivity index is 1.14. The van der Waals surface area contributed by atoms with Gasteiger partial charge < -0.3 is 18.3 Å². The van der Waals surface area contributed by atoms with Gasteiger partial charge in [-0.05, 0) is 85.6 Å². The van der Waals surface area contributed by atoms with Crippen LogP contribution in [0.15, 0.2) is 107 Å². The van der Waals surface area contributed by atoms with E-state index in [1.54, 1.807) is 0 Å². The molecule has 0 N–H and O–H groups in total. The highest BCUT2D eigenvalue weighted by Crippen LogP contribution is 2.33. The summed E-state index contributed by atoms with van der Waals surface area (Å²) in [4.78, 5) is 40.3. The fraction of sp³-hybridized carbons (Fsp3) is 0.433. The number of fused-ring (bicyclic) bond motifs is 6. The highest BCUT2D eigenvalue weighted by molar-refractivity contribution is 6.05. The van der Waals surface area contributed by atoms with Crippen LogP contribution in [0, 0.1) is 0 Å². The third-order valence-electron chi connectivity index (χ3n) is 14.8. The Bertz CT molecular complexity index is 3090. The molecular weight excluding hydrogens is 837 g/mol. The number of hydrogen-bond donors (Lipinski definition) is 0. The molecule has 9 rings (SSSR count). The molecule has 0 atom stereocenters. The Kier molecular flexibility index (Phi) is 15.2. The molecular formula is C60H72N6O2. The first-order valence-corrected chi connectivity index (χ1v) is 26.3. The summed E-state index contributed by atoms with van der Waals surface area (Å²) in [5.41, 5.74) is 9.25. The predicted molar refractivity (Wildman–Crippen MR) is 288 cm³/mol. The van der Waals surface area contributed by atoms with E-state index in [0.717, 1.165) is 106 Å². The topological polar surface area (TPSA) is 79.6 Å². The summed E-state index contributed by atoms with van der Waals surface area (Å²) < 4.78 is 8.90. The number of hydrogen-bond acceptors (Lipinski definition) is 4. The van der Waals surface area contributed by atoms with Gasteiger partial charge in [0.05, 0.1) is 44.1 Å². The lowest BCUT2D eigenvalue weighted by molar-refractivity contribution is 0.540. The van der Waals surface area contributed by atoms with E-state index >= 15 is 9.59 Å². The van der Waals surface area contributed by atoms with Gasteiger partial charge in [-0.3, -0.25) is 9.59 Å². The summed E-state index contributed by atoms with van der Waals surface area (Å²) in [6.45, 7) is 6.07. The molecule has 4 aromatic heterocycles. The largest absolute Gasteiger partial charge is 0.340 e. The Labute approximate surface area is 402 Å². The Morgan fingerprint density at radius 1 is 0.368 bits per heavy atom. The van der Waals surface area contributed by atoms with Crippen LogP contribution in [0.1, 0.15) is 142 Å². The predicted octanol–water partition coefficient (Wildman–Crippen LogP) is 15.6. The van der Waals surface area contributed by atoms with Gasteiger partial charge in [0.15, 0.2) is 10.9 Å². The number of para-hydroxylation sites is 4. The van der Waals surface area contributed by atoms with Crippen LogP contribution >= 0.6 is 0 Å². The van der Waals surface area contributed by atoms with Gasteiger partial charge in [-0.1, -0.05) is 154 Å². The molecule has 0 fully saturated rings. The highest BCUT2D eigenvalue weighted by atomic mass is 16.1. The smallest absolute Gasteiger partial charge is 0.197 e. The maximum atomic E-state index is 15.1. The Hall–Kier alpha value is -6.02. The minimum Gasteiger partial charge on any atom is -0.340 e. The van der Waals surface area contributed by atoms with Crippen molar-refractivity contribution in [3.05, 3.63) is 118 Å². The Morgan fingerprint density at radius 2 is 0.706 bits per heavy atom. The second kappa shape index (κ2) is 21.9. The van der Waals surface area contributed by atoms with Crippen LogP contribution in [0.4, 0.5) is 0 Å². The van der Waals surface area contributed by atoms with Crippen molar-refractivity contribution >= 4 is 65.7 Å². The number of rotatable bonds is 24. The summed E-state index contributed by atoms with van der Waals surface area (Å²) in [5.74, 6) is 1.67. The van der Waals surface area contributed by atoms with Crippen LogP contribution in [0.25, 0.3) is 88.5 Å². The van der Waals surface area contributed by atoms with Crippen molar-refractivity contribution in [1.29, 1.82) is 0 Å². The van der Waals surface area contributed by atoms with E-state index in [2.05, 4.69) is 92.8 Å². The van der Waals surface area contributed by atoms with Gasteiger partial charge in [-0.25, -0.2) is 9.97 Å². The minimum atomic E-state index is -0.00735. The van der Waals surface area contributed by atoms with Crippen LogP contribution in [0.5, 0.6) is 0 Å². The van der Waals surface area contributed by atoms with Crippen molar-refractivity contribution in [3.8, 4) is 22.8 Å². The van der Waals surface area contributed by atoms with Gasteiger partial charge in [-0.15, -0.1) is 0 Å². The molecule has 0 amide bonds. The third kappa shape index (κ3) is 9.79. The van der Waals surface area contributed by atoms with E-state index < -0.39 is 0 Å². The highest BCUT2D eigenvalue weighted by Gasteiger charge is 2.20. The molecule has 0 bridgehead atoms. The van der Waals surface area contributed by atoms with E-state index in [9.17, 15) is 0 Å². The van der Waals surface area contributed by atoms with Gasteiger partial charge in [0.2, 0.25) is 0 Å². The van der Waals surface area contributed by atoms with Crippen molar-refractivity contribution in [2.45, 2.75) is 155 Å². The first kappa shape index (κ1) is 47.1. The molecule has 354 valence electrons. The molecule has 0 aliphatic carbocycles. The molecule has 9 aromatic rings. The molecule has 68 heavy (non-hydrogen) atoms. The molecule has 0 spiro atoms. The van der Waals surface area contributed by atoms with Crippen molar-refractivity contribution in [1.82, 2.24) is 28.2 Å². The minimum absolute atomic E-state index is 0.00735. The maximum absolute atomic E-state index is 15.1. The van der Waals surface area contributed by atoms with Gasteiger partial charge in [0, 0.05) is 59.9 Å². The number of benzene rings is 5. The van der Waals surface area contributed by atoms with Crippen LogP contribution < -0.4 is 10.9 Å². The number of nitrogens with zero attached hydrogens (tertiary/aromatic N) is 6. The van der Waals surface area contributed by atoms with E-state index in [-0.39, 0.29) is 10.9 Å². The van der Waals surface area contributed by atoms with E-state index in [1.165, 1.54) is 103 Å². The zero-order valence-corrected chi connectivity index (χ0v) is 41.3. The van der Waals surface area contributed by atoms with Crippen LogP contribution in [0.3, 0.4) is 0 Å². The summed E-state index contributed by atoms with van der Waals surface area (Å²) >= 11 is 0. The first-order chi connectivity index (χ1) is 33.4. The van der Waals surface area contributed by atoms with E-state index in [0.29, 0.717) is 21.5 Å². The maximum Gasteiger partial charge on any atom is 0.197 e. The average Bonchev–Trinajstić information content (AvgIpc) is 3.89. The fourth-order valence-corrected chi connectivity index (χ4v) is 10.9. The van der Waals surface area contributed by atoms with Gasteiger partial charge >= 0.3 is 0 Å². The number of aryl methyl sites for hydroxylation is 4. The molecule has 0 unspecified atom stereocenters. The summed E-state index contributed by atoms with van der Waals surface area (Å²) in [6, 6.07) is 33.0. The first-order valence-electron chi connectivity index (χ1n) is 26.3. The lowest BCUT2D eigenvalue weighted by atomic mass is 10.0. The van der Waals surface area contributed by atoms with Crippen LogP contribution in [0.2, 0.25) is 0 Å². The lowest BCUT2D eigenvalue weighted by Crippen LogP contribution is -2.16. The summed E-state index contributed by atoms with van der Waals surface area (Å²) in [6.07, 6.45) is 25.0. The van der Waals surface area contributed by atoms with Gasteiger partial charge in [0.25, 0.3) is 0 Å². The van der Waals surface area contributed by atoms with E-state index in [4.69, 9.17) is 9.97 Å². The zero-order chi connectivity index (χ0) is 47.0. The number of unbranched alkanes of at least 4 members (excludes halogenated alkanes) is 18. The van der Waals surface area contributed by atoms with Crippen molar-refractivity contribution in [2.75, 3.05) is 0 Å². The molecule has 0 aliphatic rings. The monoisotopic (exact) mass is 909 g/mol. The fourth-order valence-electron chi connectivity index (χ4n) is 10.9. The van der Waals surface area contributed by atoms with E-state index in [1.807, 2.05) is 50.5 Å². The van der Waals surface area contributed by atoms with Gasteiger partial charge in [-0.2, -0.15) is 0 Å². The van der Waals surface area contributed by atoms with Crippen LogP contribution in [-0.2, 0) is 27.2 Å². The lowest BCUT2D eigenvalue weighted by Gasteiger charge is -2.20. The number of imidazole rings is 2. The molecule has 5 aromatic carbocycles. The summed E-state index contributed by atoms with van der Waals surface area (Å²) in [7, 11) is 4.09. The quantitative estimate of drug-likeness (QED) is 0.0447. The SMILES string of the molecule is CCCCCCCCCCCCn1c2ccc(-c3nc4ccccc4n3C)cc2c(=O)c2cc3c(cc21)c(=O)c1cc(-c2nc4ccccc4n2C)ccc1n3CCCCCCCCCCCC. The molecule has 0 radical (unpaired) electrons. The van der Waals surface area contributed by atoms with Crippen molar-refractivity contribution in [3.63, 3.8) is 0 Å². The molecule has 0 aliphatic heterocycles. The standard InChI is InChI=1S/C60H72N6O2/c1-5-7-9-11-13-15-17-19-21-27-37-65-51-35-33-43(59-61-49-29-23-25-31-53(49)63(59)3)39-45(51)57(67)47-42-56-48(41-55(47)65)58(68)46-40-44(60-62-50-30-24-26-32-54(50)64(60)4)34-36-52(46)66(56)38-28-22-20-18-16-14-12-10-8-6-2/h23-26,29-36,39-42H,5-22,27-28,37-38H2,1-4H3. The average molecular weight is 909 g/mol. The third-order valence-corrected chi connectivity index (χ3v) is 14.8. The summed E-state index contributed by atoms with van der Waals surface area (Å²) in [5, 5.41) is 2.69. The molecule has 8 heteroatoms. The number of pyridine rings is 2. The van der Waals surface area contributed by atoms with Crippen molar-refractivity contribution in [2.24, 2.45) is 14.1 Å².